The summed E-state index contributed by atoms with van der Waals surface area (Å²) in [4.78, 5) is 9.43. The summed E-state index contributed by atoms with van der Waals surface area (Å²) < 4.78 is 0. The van der Waals surface area contributed by atoms with Crippen LogP contribution in [0.25, 0.3) is 0 Å². The van der Waals surface area contributed by atoms with Gasteiger partial charge >= 0.3 is 0 Å². The fourth-order valence-electron chi connectivity index (χ4n) is 3.11. The molecule has 0 radical (unpaired) electrons. The zero-order chi connectivity index (χ0) is 17.5. The van der Waals surface area contributed by atoms with E-state index < -0.39 is 0 Å². The molecule has 0 spiro atoms. The normalized spacial score (nSPS) is 16.7. The molecule has 0 amide bonds. The third-order valence-electron chi connectivity index (χ3n) is 4.63. The average Bonchev–Trinajstić information content (AvgIpc) is 2.68. The van der Waals surface area contributed by atoms with Crippen molar-refractivity contribution in [3.05, 3.63) is 60.7 Å². The van der Waals surface area contributed by atoms with E-state index >= 15 is 0 Å². The SMILES string of the molecule is CC(CN=C(N)Nc1ccccc1)N1CCN(c2ccccc2)CC1.I. The molecule has 3 N–H and O–H groups in total. The highest BCUT2D eigenvalue weighted by Gasteiger charge is 2.20. The van der Waals surface area contributed by atoms with Crippen molar-refractivity contribution in [3.63, 3.8) is 0 Å². The first-order valence-corrected chi connectivity index (χ1v) is 8.88. The monoisotopic (exact) mass is 465 g/mol. The van der Waals surface area contributed by atoms with Crippen LogP contribution in [0.15, 0.2) is 65.7 Å². The van der Waals surface area contributed by atoms with Crippen LogP contribution in [0.1, 0.15) is 6.92 Å². The Morgan fingerprint density at radius 2 is 1.58 bits per heavy atom. The van der Waals surface area contributed by atoms with Gasteiger partial charge in [-0.05, 0) is 31.2 Å². The van der Waals surface area contributed by atoms with Crippen LogP contribution in [0.4, 0.5) is 11.4 Å². The first-order chi connectivity index (χ1) is 12.2. The predicted molar refractivity (Wildman–Crippen MR) is 122 cm³/mol. The van der Waals surface area contributed by atoms with Gasteiger partial charge in [-0.3, -0.25) is 9.89 Å². The van der Waals surface area contributed by atoms with Gasteiger partial charge in [-0.15, -0.1) is 24.0 Å². The number of benzene rings is 2. The lowest BCUT2D eigenvalue weighted by atomic mass is 10.2. The molecule has 0 aromatic heterocycles. The number of nitrogens with zero attached hydrogens (tertiary/aromatic N) is 3. The molecule has 3 rings (SSSR count). The van der Waals surface area contributed by atoms with E-state index in [2.05, 4.69) is 57.4 Å². The van der Waals surface area contributed by atoms with E-state index in [-0.39, 0.29) is 24.0 Å². The van der Waals surface area contributed by atoms with E-state index in [1.807, 2.05) is 30.3 Å². The van der Waals surface area contributed by atoms with Gasteiger partial charge in [-0.1, -0.05) is 36.4 Å². The molecule has 0 saturated carbocycles. The van der Waals surface area contributed by atoms with Crippen molar-refractivity contribution < 1.29 is 0 Å². The minimum absolute atomic E-state index is 0. The summed E-state index contributed by atoms with van der Waals surface area (Å²) in [6.45, 7) is 7.13. The molecule has 1 unspecified atom stereocenters. The second-order valence-corrected chi connectivity index (χ2v) is 6.42. The summed E-state index contributed by atoms with van der Waals surface area (Å²) in [6.07, 6.45) is 0. The second kappa shape index (κ2) is 10.4. The first-order valence-electron chi connectivity index (χ1n) is 8.88. The molecule has 2 aromatic carbocycles. The molecular weight excluding hydrogens is 437 g/mol. The fourth-order valence-corrected chi connectivity index (χ4v) is 3.11. The van der Waals surface area contributed by atoms with Crippen molar-refractivity contribution in [3.8, 4) is 0 Å². The predicted octanol–water partition coefficient (Wildman–Crippen LogP) is 3.24. The maximum Gasteiger partial charge on any atom is 0.193 e. The first kappa shape index (κ1) is 20.5. The van der Waals surface area contributed by atoms with Crippen molar-refractivity contribution in [2.75, 3.05) is 42.9 Å². The largest absolute Gasteiger partial charge is 0.370 e. The Hall–Kier alpha value is -1.80. The third kappa shape index (κ3) is 5.88. The molecule has 1 saturated heterocycles. The Morgan fingerprint density at radius 3 is 2.19 bits per heavy atom. The number of guanidine groups is 1. The molecule has 2 aromatic rings. The topological polar surface area (TPSA) is 56.9 Å². The van der Waals surface area contributed by atoms with Gasteiger partial charge in [0.1, 0.15) is 0 Å². The minimum Gasteiger partial charge on any atom is -0.370 e. The molecule has 1 fully saturated rings. The lowest BCUT2D eigenvalue weighted by molar-refractivity contribution is 0.201. The summed E-state index contributed by atoms with van der Waals surface area (Å²) in [6, 6.07) is 20.9. The summed E-state index contributed by atoms with van der Waals surface area (Å²) >= 11 is 0. The molecule has 26 heavy (non-hydrogen) atoms. The molecule has 1 aliphatic rings. The smallest absolute Gasteiger partial charge is 0.193 e. The summed E-state index contributed by atoms with van der Waals surface area (Å²) in [5.74, 6) is 0.473. The molecule has 1 atom stereocenters. The van der Waals surface area contributed by atoms with Crippen molar-refractivity contribution in [1.82, 2.24) is 4.90 Å². The Labute approximate surface area is 173 Å². The van der Waals surface area contributed by atoms with E-state index in [1.54, 1.807) is 0 Å². The zero-order valence-electron chi connectivity index (χ0n) is 15.2. The number of halogens is 1. The standard InChI is InChI=1S/C20H27N5.HI/c1-17(16-22-20(21)23-18-8-4-2-5-9-18)24-12-14-25(15-13-24)19-10-6-3-7-11-19;/h2-11,17H,12-16H2,1H3,(H3,21,22,23);1H. The highest BCUT2D eigenvalue weighted by Crippen LogP contribution is 2.16. The number of nitrogens with two attached hydrogens (primary N) is 1. The Morgan fingerprint density at radius 1 is 1.00 bits per heavy atom. The minimum atomic E-state index is 0. The van der Waals surface area contributed by atoms with Gasteiger partial charge in [0.05, 0.1) is 6.54 Å². The average molecular weight is 465 g/mol. The van der Waals surface area contributed by atoms with Crippen LogP contribution >= 0.6 is 24.0 Å². The number of hydrogen-bond donors (Lipinski definition) is 2. The number of aliphatic imine (C=N–C) groups is 1. The van der Waals surface area contributed by atoms with Crippen LogP contribution in [0.3, 0.4) is 0 Å². The summed E-state index contributed by atoms with van der Waals surface area (Å²) in [5.41, 5.74) is 8.27. The Kier molecular flexibility index (Phi) is 8.18. The lowest BCUT2D eigenvalue weighted by Gasteiger charge is -2.38. The number of nitrogens with one attached hydrogen (secondary N) is 1. The van der Waals surface area contributed by atoms with E-state index in [1.165, 1.54) is 5.69 Å². The van der Waals surface area contributed by atoms with Crippen molar-refractivity contribution in [2.24, 2.45) is 10.7 Å². The third-order valence-corrected chi connectivity index (χ3v) is 4.63. The van der Waals surface area contributed by atoms with Gasteiger partial charge in [0.15, 0.2) is 5.96 Å². The number of piperazine rings is 1. The number of rotatable bonds is 5. The van der Waals surface area contributed by atoms with Gasteiger partial charge in [-0.25, -0.2) is 0 Å². The molecule has 140 valence electrons. The second-order valence-electron chi connectivity index (χ2n) is 6.42. The van der Waals surface area contributed by atoms with Gasteiger partial charge in [0, 0.05) is 43.6 Å². The van der Waals surface area contributed by atoms with Crippen molar-refractivity contribution in [2.45, 2.75) is 13.0 Å². The number of para-hydroxylation sites is 2. The van der Waals surface area contributed by atoms with Crippen LogP contribution in [-0.2, 0) is 0 Å². The van der Waals surface area contributed by atoms with Crippen molar-refractivity contribution in [1.29, 1.82) is 0 Å². The maximum absolute atomic E-state index is 5.99. The molecule has 0 aliphatic carbocycles. The van der Waals surface area contributed by atoms with Gasteiger partial charge in [-0.2, -0.15) is 0 Å². The highest BCUT2D eigenvalue weighted by molar-refractivity contribution is 14.0. The maximum atomic E-state index is 5.99. The van der Waals surface area contributed by atoms with Gasteiger partial charge < -0.3 is 16.0 Å². The Balaban J connectivity index is 0.00000243. The van der Waals surface area contributed by atoms with E-state index in [0.29, 0.717) is 18.5 Å². The van der Waals surface area contributed by atoms with Gasteiger partial charge in [0.2, 0.25) is 0 Å². The van der Waals surface area contributed by atoms with Crippen LogP contribution in [0, 0.1) is 0 Å². The van der Waals surface area contributed by atoms with Crippen LogP contribution in [0.2, 0.25) is 0 Å². The van der Waals surface area contributed by atoms with Crippen molar-refractivity contribution >= 4 is 41.3 Å². The van der Waals surface area contributed by atoms with Crippen LogP contribution in [0.5, 0.6) is 0 Å². The molecular formula is C20H28IN5. The summed E-state index contributed by atoms with van der Waals surface area (Å²) in [7, 11) is 0. The summed E-state index contributed by atoms with van der Waals surface area (Å²) in [5, 5.41) is 3.13. The molecule has 0 bridgehead atoms. The lowest BCUT2D eigenvalue weighted by Crippen LogP contribution is -2.50. The number of hydrogen-bond acceptors (Lipinski definition) is 3. The molecule has 1 aliphatic heterocycles. The zero-order valence-corrected chi connectivity index (χ0v) is 17.5. The number of anilines is 2. The van der Waals surface area contributed by atoms with E-state index in [4.69, 9.17) is 5.73 Å². The quantitative estimate of drug-likeness (QED) is 0.405. The fraction of sp³-hybridized carbons (Fsp3) is 0.350. The van der Waals surface area contributed by atoms with Gasteiger partial charge in [0.25, 0.3) is 0 Å². The van der Waals surface area contributed by atoms with E-state index in [9.17, 15) is 0 Å². The molecule has 1 heterocycles. The van der Waals surface area contributed by atoms with E-state index in [0.717, 1.165) is 31.9 Å². The van der Waals surface area contributed by atoms with Crippen LogP contribution < -0.4 is 16.0 Å². The van der Waals surface area contributed by atoms with Crippen LogP contribution in [-0.4, -0.2) is 49.6 Å². The Bertz CT molecular complexity index is 669. The highest BCUT2D eigenvalue weighted by atomic mass is 127. The molecule has 6 heteroatoms. The molecule has 5 nitrogen and oxygen atoms in total.